The van der Waals surface area contributed by atoms with Crippen molar-refractivity contribution in [2.45, 2.75) is 51.3 Å². The van der Waals surface area contributed by atoms with E-state index in [0.717, 1.165) is 30.5 Å². The molecule has 1 aromatic rings. The minimum absolute atomic E-state index is 0.130. The van der Waals surface area contributed by atoms with Gasteiger partial charge in [0, 0.05) is 31.7 Å². The molecule has 0 atom stereocenters. The summed E-state index contributed by atoms with van der Waals surface area (Å²) in [5.74, 6) is 0.130. The lowest BCUT2D eigenvalue weighted by atomic mass is 10.2. The lowest BCUT2D eigenvalue weighted by Gasteiger charge is -2.20. The summed E-state index contributed by atoms with van der Waals surface area (Å²) in [6, 6.07) is 5.14. The van der Waals surface area contributed by atoms with Crippen molar-refractivity contribution in [2.75, 3.05) is 24.5 Å². The van der Waals surface area contributed by atoms with Crippen LogP contribution in [0.5, 0.6) is 0 Å². The minimum Gasteiger partial charge on any atom is -0.312 e. The molecule has 0 fully saturated rings. The molecule has 0 N–H and O–H groups in total. The molecular weight excluding hydrogens is 312 g/mol. The van der Waals surface area contributed by atoms with Crippen LogP contribution >= 0.6 is 0 Å². The van der Waals surface area contributed by atoms with Gasteiger partial charge in [0.2, 0.25) is 15.9 Å². The maximum Gasteiger partial charge on any atom is 0.243 e. The molecule has 0 spiro atoms. The number of hydrogen-bond donors (Lipinski definition) is 0. The quantitative estimate of drug-likeness (QED) is 0.768. The van der Waals surface area contributed by atoms with Crippen molar-refractivity contribution in [2.24, 2.45) is 0 Å². The third-order valence-electron chi connectivity index (χ3n) is 4.33. The predicted octanol–water partition coefficient (Wildman–Crippen LogP) is 2.80. The molecule has 0 bridgehead atoms. The number of unbranched alkanes of at least 4 members (excludes halogenated alkanes) is 1. The third-order valence-corrected chi connectivity index (χ3v) is 6.38. The van der Waals surface area contributed by atoms with E-state index in [4.69, 9.17) is 0 Å². The fourth-order valence-corrected chi connectivity index (χ4v) is 4.48. The second-order valence-corrected chi connectivity index (χ2v) is 7.72. The lowest BCUT2D eigenvalue weighted by molar-refractivity contribution is -0.118. The largest absolute Gasteiger partial charge is 0.312 e. The number of amides is 1. The summed E-state index contributed by atoms with van der Waals surface area (Å²) in [5, 5.41) is 0. The number of fused-ring (bicyclic) bond motifs is 1. The van der Waals surface area contributed by atoms with E-state index in [1.54, 1.807) is 23.1 Å². The smallest absolute Gasteiger partial charge is 0.243 e. The first kappa shape index (κ1) is 17.9. The van der Waals surface area contributed by atoms with Crippen LogP contribution in [0.15, 0.2) is 23.1 Å². The molecule has 23 heavy (non-hydrogen) atoms. The summed E-state index contributed by atoms with van der Waals surface area (Å²) in [5.41, 5.74) is 1.81. The van der Waals surface area contributed by atoms with Crippen LogP contribution < -0.4 is 4.90 Å². The molecule has 6 heteroatoms. The Balaban J connectivity index is 2.27. The summed E-state index contributed by atoms with van der Waals surface area (Å²) in [7, 11) is -3.44. The van der Waals surface area contributed by atoms with Gasteiger partial charge in [0.05, 0.1) is 4.90 Å². The Kier molecular flexibility index (Phi) is 5.81. The molecule has 1 aliphatic rings. The number of benzene rings is 1. The average molecular weight is 338 g/mol. The Labute approximate surface area is 139 Å². The van der Waals surface area contributed by atoms with Crippen molar-refractivity contribution >= 4 is 21.6 Å². The maximum absolute atomic E-state index is 12.6. The normalized spacial score (nSPS) is 14.3. The van der Waals surface area contributed by atoms with Crippen molar-refractivity contribution in [1.29, 1.82) is 0 Å². The fourth-order valence-electron chi connectivity index (χ4n) is 2.97. The Bertz CT molecular complexity index is 666. The highest BCUT2D eigenvalue weighted by Crippen LogP contribution is 2.31. The van der Waals surface area contributed by atoms with Gasteiger partial charge in [-0.3, -0.25) is 4.79 Å². The Morgan fingerprint density at radius 1 is 1.22 bits per heavy atom. The molecular formula is C17H26N2O3S. The highest BCUT2D eigenvalue weighted by atomic mass is 32.2. The molecule has 1 amide bonds. The van der Waals surface area contributed by atoms with Crippen molar-refractivity contribution in [3.8, 4) is 0 Å². The van der Waals surface area contributed by atoms with Gasteiger partial charge in [0.15, 0.2) is 0 Å². The number of carbonyl (C=O) groups excluding carboxylic acids is 1. The maximum atomic E-state index is 12.6. The number of sulfonamides is 1. The fraction of sp³-hybridized carbons (Fsp3) is 0.588. The minimum atomic E-state index is -3.44. The van der Waals surface area contributed by atoms with Gasteiger partial charge >= 0.3 is 0 Å². The third kappa shape index (κ3) is 3.58. The van der Waals surface area contributed by atoms with E-state index in [1.165, 1.54) is 4.31 Å². The summed E-state index contributed by atoms with van der Waals surface area (Å²) >= 11 is 0. The second kappa shape index (κ2) is 7.45. The van der Waals surface area contributed by atoms with Gasteiger partial charge < -0.3 is 4.90 Å². The first-order valence-corrected chi connectivity index (χ1v) is 9.83. The van der Waals surface area contributed by atoms with Crippen LogP contribution in [0.4, 0.5) is 5.69 Å². The van der Waals surface area contributed by atoms with Crippen LogP contribution in [0, 0.1) is 0 Å². The molecule has 5 nitrogen and oxygen atoms in total. The van der Waals surface area contributed by atoms with Crippen molar-refractivity contribution < 1.29 is 13.2 Å². The summed E-state index contributed by atoms with van der Waals surface area (Å²) in [6.45, 7) is 7.29. The van der Waals surface area contributed by atoms with Gasteiger partial charge in [-0.05, 0) is 36.6 Å². The van der Waals surface area contributed by atoms with Gasteiger partial charge in [0.1, 0.15) is 0 Å². The molecule has 0 aliphatic carbocycles. The zero-order valence-electron chi connectivity index (χ0n) is 14.2. The topological polar surface area (TPSA) is 57.7 Å². The molecule has 2 rings (SSSR count). The first-order chi connectivity index (χ1) is 11.0. The van der Waals surface area contributed by atoms with Crippen molar-refractivity contribution in [3.05, 3.63) is 23.8 Å². The van der Waals surface area contributed by atoms with Crippen LogP contribution in [0.2, 0.25) is 0 Å². The Morgan fingerprint density at radius 2 is 1.91 bits per heavy atom. The molecule has 1 heterocycles. The monoisotopic (exact) mass is 338 g/mol. The van der Waals surface area contributed by atoms with E-state index in [9.17, 15) is 13.2 Å². The van der Waals surface area contributed by atoms with Gasteiger partial charge in [-0.25, -0.2) is 8.42 Å². The average Bonchev–Trinajstić information content (AvgIpc) is 2.96. The van der Waals surface area contributed by atoms with E-state index in [0.29, 0.717) is 31.0 Å². The molecule has 0 saturated heterocycles. The summed E-state index contributed by atoms with van der Waals surface area (Å²) in [6.07, 6.45) is 3.15. The van der Waals surface area contributed by atoms with Crippen LogP contribution in [0.1, 0.15) is 45.6 Å². The van der Waals surface area contributed by atoms with Crippen LogP contribution in [0.3, 0.4) is 0 Å². The van der Waals surface area contributed by atoms with Gasteiger partial charge in [-0.1, -0.05) is 27.2 Å². The molecule has 0 saturated carbocycles. The zero-order valence-corrected chi connectivity index (χ0v) is 15.0. The van der Waals surface area contributed by atoms with Crippen LogP contribution in [-0.2, 0) is 21.2 Å². The first-order valence-electron chi connectivity index (χ1n) is 8.39. The molecule has 1 aliphatic heterocycles. The Hall–Kier alpha value is -1.40. The SMILES string of the molecule is CCCCC(=O)N1CCc2cc(S(=O)(=O)N(CC)CC)ccc21. The highest BCUT2D eigenvalue weighted by molar-refractivity contribution is 7.89. The molecule has 1 aromatic carbocycles. The van der Waals surface area contributed by atoms with E-state index in [-0.39, 0.29) is 5.91 Å². The van der Waals surface area contributed by atoms with Crippen LogP contribution in [0.25, 0.3) is 0 Å². The van der Waals surface area contributed by atoms with Crippen molar-refractivity contribution in [3.63, 3.8) is 0 Å². The molecule has 128 valence electrons. The number of nitrogens with zero attached hydrogens (tertiary/aromatic N) is 2. The highest BCUT2D eigenvalue weighted by Gasteiger charge is 2.28. The van der Waals surface area contributed by atoms with E-state index in [1.807, 2.05) is 13.8 Å². The standard InChI is InChI=1S/C17H26N2O3S/c1-4-7-8-17(20)19-12-11-14-13-15(9-10-16(14)19)23(21,22)18(5-2)6-3/h9-10,13H,4-8,11-12H2,1-3H3. The summed E-state index contributed by atoms with van der Waals surface area (Å²) < 4.78 is 26.6. The van der Waals surface area contributed by atoms with E-state index in [2.05, 4.69) is 6.92 Å². The van der Waals surface area contributed by atoms with E-state index >= 15 is 0 Å². The zero-order chi connectivity index (χ0) is 17.0. The predicted molar refractivity (Wildman–Crippen MR) is 92.1 cm³/mol. The number of hydrogen-bond acceptors (Lipinski definition) is 3. The van der Waals surface area contributed by atoms with E-state index < -0.39 is 10.0 Å². The Morgan fingerprint density at radius 3 is 2.52 bits per heavy atom. The number of carbonyl (C=O) groups is 1. The number of rotatable bonds is 7. The summed E-state index contributed by atoms with van der Waals surface area (Å²) in [4.78, 5) is 14.4. The van der Waals surface area contributed by atoms with Gasteiger partial charge in [0.25, 0.3) is 0 Å². The molecule has 0 unspecified atom stereocenters. The van der Waals surface area contributed by atoms with Crippen molar-refractivity contribution in [1.82, 2.24) is 4.31 Å². The second-order valence-electron chi connectivity index (χ2n) is 5.78. The molecule has 0 radical (unpaired) electrons. The number of anilines is 1. The molecule has 0 aromatic heterocycles. The van der Waals surface area contributed by atoms with Crippen LogP contribution in [-0.4, -0.2) is 38.3 Å². The lowest BCUT2D eigenvalue weighted by Crippen LogP contribution is -2.30. The van der Waals surface area contributed by atoms with Gasteiger partial charge in [-0.2, -0.15) is 4.31 Å². The van der Waals surface area contributed by atoms with Gasteiger partial charge in [-0.15, -0.1) is 0 Å².